The van der Waals surface area contributed by atoms with E-state index in [2.05, 4.69) is 17.6 Å². The summed E-state index contributed by atoms with van der Waals surface area (Å²) in [5.41, 5.74) is 0. The number of alkyl carbamates (subject to hydrolysis) is 1. The van der Waals surface area contributed by atoms with Gasteiger partial charge in [0.25, 0.3) is 0 Å². The van der Waals surface area contributed by atoms with Crippen LogP contribution in [0.2, 0.25) is 0 Å². The lowest BCUT2D eigenvalue weighted by atomic mass is 9.93. The van der Waals surface area contributed by atoms with E-state index in [0.29, 0.717) is 31.0 Å². The molecule has 16 heavy (non-hydrogen) atoms. The Bertz CT molecular complexity index is 219. The van der Waals surface area contributed by atoms with Crippen molar-refractivity contribution in [2.45, 2.75) is 39.7 Å². The number of piperidine rings is 1. The van der Waals surface area contributed by atoms with Gasteiger partial charge in [0.1, 0.15) is 0 Å². The van der Waals surface area contributed by atoms with Crippen LogP contribution in [0.4, 0.5) is 4.79 Å². The summed E-state index contributed by atoms with van der Waals surface area (Å²) in [5.74, 6) is 1.01. The Labute approximate surface area is 98.1 Å². The summed E-state index contributed by atoms with van der Waals surface area (Å²) in [7, 11) is 0. The lowest BCUT2D eigenvalue weighted by Crippen LogP contribution is -2.48. The molecule has 1 aliphatic heterocycles. The molecule has 0 aromatic heterocycles. The van der Waals surface area contributed by atoms with Crippen LogP contribution in [0.25, 0.3) is 0 Å². The number of carbonyl (C=O) groups excluding carboxylic acids is 1. The van der Waals surface area contributed by atoms with Crippen molar-refractivity contribution in [3.05, 3.63) is 0 Å². The van der Waals surface area contributed by atoms with Crippen molar-refractivity contribution in [3.8, 4) is 0 Å². The van der Waals surface area contributed by atoms with Gasteiger partial charge in [-0.2, -0.15) is 0 Å². The van der Waals surface area contributed by atoms with Crippen LogP contribution >= 0.6 is 0 Å². The summed E-state index contributed by atoms with van der Waals surface area (Å²) >= 11 is 0. The first-order valence-corrected chi connectivity index (χ1v) is 6.23. The minimum absolute atomic E-state index is 0.298. The second-order valence-corrected chi connectivity index (χ2v) is 5.05. The molecule has 0 aromatic carbocycles. The van der Waals surface area contributed by atoms with Crippen LogP contribution in [0.15, 0.2) is 0 Å². The molecule has 0 saturated carbocycles. The van der Waals surface area contributed by atoms with E-state index in [9.17, 15) is 4.79 Å². The van der Waals surface area contributed by atoms with Gasteiger partial charge in [-0.05, 0) is 31.2 Å². The molecular formula is C12H24N2O2. The van der Waals surface area contributed by atoms with Gasteiger partial charge in [-0.1, -0.05) is 20.8 Å². The van der Waals surface area contributed by atoms with Crippen molar-refractivity contribution in [3.63, 3.8) is 0 Å². The van der Waals surface area contributed by atoms with Crippen molar-refractivity contribution in [2.75, 3.05) is 19.7 Å². The lowest BCUT2D eigenvalue weighted by molar-refractivity contribution is 0.130. The minimum Gasteiger partial charge on any atom is -0.449 e. The Morgan fingerprint density at radius 2 is 2.31 bits per heavy atom. The normalized spacial score (nSPS) is 25.5. The standard InChI is InChI=1S/C12H24N2O2/c1-9(2)8-16-12(15)14-7-11-10(3)5-4-6-13-11/h9-11,13H,4-8H2,1-3H3,(H,14,15). The van der Waals surface area contributed by atoms with E-state index in [1.807, 2.05) is 13.8 Å². The summed E-state index contributed by atoms with van der Waals surface area (Å²) in [6, 6.07) is 0.389. The van der Waals surface area contributed by atoms with E-state index in [-0.39, 0.29) is 6.09 Å². The molecule has 2 atom stereocenters. The Hall–Kier alpha value is -0.770. The maximum Gasteiger partial charge on any atom is 0.407 e. The predicted octanol–water partition coefficient (Wildman–Crippen LogP) is 1.76. The Morgan fingerprint density at radius 3 is 2.94 bits per heavy atom. The van der Waals surface area contributed by atoms with Crippen LogP contribution in [-0.4, -0.2) is 31.8 Å². The highest BCUT2D eigenvalue weighted by atomic mass is 16.5. The zero-order valence-electron chi connectivity index (χ0n) is 10.6. The Balaban J connectivity index is 2.15. The third-order valence-electron chi connectivity index (χ3n) is 2.94. The highest BCUT2D eigenvalue weighted by Crippen LogP contribution is 2.14. The topological polar surface area (TPSA) is 50.4 Å². The molecule has 94 valence electrons. The highest BCUT2D eigenvalue weighted by Gasteiger charge is 2.21. The number of rotatable bonds is 4. The molecule has 1 heterocycles. The predicted molar refractivity (Wildman–Crippen MR) is 64.4 cm³/mol. The van der Waals surface area contributed by atoms with Crippen LogP contribution in [-0.2, 0) is 4.74 Å². The lowest BCUT2D eigenvalue weighted by Gasteiger charge is -2.30. The number of carbonyl (C=O) groups is 1. The van der Waals surface area contributed by atoms with E-state index in [1.165, 1.54) is 12.8 Å². The molecule has 1 fully saturated rings. The van der Waals surface area contributed by atoms with E-state index in [0.717, 1.165) is 6.54 Å². The average molecular weight is 228 g/mol. The van der Waals surface area contributed by atoms with Crippen molar-refractivity contribution < 1.29 is 9.53 Å². The van der Waals surface area contributed by atoms with Crippen molar-refractivity contribution in [1.29, 1.82) is 0 Å². The molecule has 2 N–H and O–H groups in total. The van der Waals surface area contributed by atoms with E-state index < -0.39 is 0 Å². The van der Waals surface area contributed by atoms with Crippen LogP contribution in [0.3, 0.4) is 0 Å². The fourth-order valence-electron chi connectivity index (χ4n) is 1.87. The van der Waals surface area contributed by atoms with Gasteiger partial charge >= 0.3 is 6.09 Å². The van der Waals surface area contributed by atoms with E-state index in [1.54, 1.807) is 0 Å². The van der Waals surface area contributed by atoms with Crippen molar-refractivity contribution >= 4 is 6.09 Å². The van der Waals surface area contributed by atoms with Gasteiger partial charge in [0.05, 0.1) is 6.61 Å². The van der Waals surface area contributed by atoms with Gasteiger partial charge in [0.15, 0.2) is 0 Å². The molecule has 0 aliphatic carbocycles. The molecule has 1 amide bonds. The number of amides is 1. The molecule has 0 bridgehead atoms. The summed E-state index contributed by atoms with van der Waals surface area (Å²) in [6.07, 6.45) is 2.17. The molecular weight excluding hydrogens is 204 g/mol. The van der Waals surface area contributed by atoms with E-state index >= 15 is 0 Å². The second kappa shape index (κ2) is 6.74. The first kappa shape index (κ1) is 13.3. The molecule has 1 aliphatic rings. The molecule has 1 saturated heterocycles. The first-order chi connectivity index (χ1) is 7.59. The third kappa shape index (κ3) is 4.84. The van der Waals surface area contributed by atoms with Crippen LogP contribution in [0.5, 0.6) is 0 Å². The van der Waals surface area contributed by atoms with Gasteiger partial charge in [-0.25, -0.2) is 4.79 Å². The van der Waals surface area contributed by atoms with Gasteiger partial charge < -0.3 is 15.4 Å². The number of ether oxygens (including phenoxy) is 1. The quantitative estimate of drug-likeness (QED) is 0.771. The molecule has 2 unspecified atom stereocenters. The maximum absolute atomic E-state index is 11.3. The number of hydrogen-bond acceptors (Lipinski definition) is 3. The fourth-order valence-corrected chi connectivity index (χ4v) is 1.87. The zero-order chi connectivity index (χ0) is 12.0. The molecule has 0 spiro atoms. The molecule has 4 heteroatoms. The highest BCUT2D eigenvalue weighted by molar-refractivity contribution is 5.67. The third-order valence-corrected chi connectivity index (χ3v) is 2.94. The van der Waals surface area contributed by atoms with Gasteiger partial charge in [-0.3, -0.25) is 0 Å². The smallest absolute Gasteiger partial charge is 0.407 e. The molecule has 1 rings (SSSR count). The fraction of sp³-hybridized carbons (Fsp3) is 0.917. The van der Waals surface area contributed by atoms with E-state index in [4.69, 9.17) is 4.74 Å². The van der Waals surface area contributed by atoms with Gasteiger partial charge in [0, 0.05) is 12.6 Å². The SMILES string of the molecule is CC(C)COC(=O)NCC1NCCCC1C. The molecule has 4 nitrogen and oxygen atoms in total. The number of nitrogens with one attached hydrogen (secondary N) is 2. The van der Waals surface area contributed by atoms with Crippen LogP contribution in [0.1, 0.15) is 33.6 Å². The van der Waals surface area contributed by atoms with Crippen molar-refractivity contribution in [2.24, 2.45) is 11.8 Å². The average Bonchev–Trinajstić information content (AvgIpc) is 2.25. The Kier molecular flexibility index (Phi) is 5.60. The maximum atomic E-state index is 11.3. The largest absolute Gasteiger partial charge is 0.449 e. The monoisotopic (exact) mass is 228 g/mol. The summed E-state index contributed by atoms with van der Waals surface area (Å²) in [5, 5.41) is 6.23. The van der Waals surface area contributed by atoms with Crippen LogP contribution in [0, 0.1) is 11.8 Å². The second-order valence-electron chi connectivity index (χ2n) is 5.05. The first-order valence-electron chi connectivity index (χ1n) is 6.23. The van der Waals surface area contributed by atoms with Gasteiger partial charge in [0.2, 0.25) is 0 Å². The minimum atomic E-state index is -0.298. The van der Waals surface area contributed by atoms with Crippen LogP contribution < -0.4 is 10.6 Å². The number of hydrogen-bond donors (Lipinski definition) is 2. The summed E-state index contributed by atoms with van der Waals surface area (Å²) < 4.78 is 5.05. The summed E-state index contributed by atoms with van der Waals surface area (Å²) in [4.78, 5) is 11.3. The molecule has 0 radical (unpaired) electrons. The Morgan fingerprint density at radius 1 is 1.56 bits per heavy atom. The van der Waals surface area contributed by atoms with Crippen molar-refractivity contribution in [1.82, 2.24) is 10.6 Å². The zero-order valence-corrected chi connectivity index (χ0v) is 10.6. The molecule has 0 aromatic rings. The summed E-state index contributed by atoms with van der Waals surface area (Å²) in [6.45, 7) is 8.48. The van der Waals surface area contributed by atoms with Gasteiger partial charge in [-0.15, -0.1) is 0 Å².